The maximum atomic E-state index is 12.6. The number of nitrogens with one attached hydrogen (secondary N) is 1. The number of H-pyrrole nitrogens is 1. The Balaban J connectivity index is 2.42. The van der Waals surface area contributed by atoms with Crippen molar-refractivity contribution in [1.82, 2.24) is 4.98 Å². The van der Waals surface area contributed by atoms with Gasteiger partial charge in [0.05, 0.1) is 11.2 Å². The number of aromatic nitrogens is 1. The SMILES string of the molecule is Cc1cc(Br)c2[nH]c(-c3ccccc3)c(C)c(=O)c2c1. The number of aromatic amines is 1. The minimum atomic E-state index is 0.0852. The molecule has 20 heavy (non-hydrogen) atoms. The predicted molar refractivity (Wildman–Crippen MR) is 87.2 cm³/mol. The van der Waals surface area contributed by atoms with Crippen molar-refractivity contribution in [3.05, 3.63) is 68.3 Å². The summed E-state index contributed by atoms with van der Waals surface area (Å²) in [5.74, 6) is 0. The zero-order chi connectivity index (χ0) is 14.3. The maximum Gasteiger partial charge on any atom is 0.192 e. The molecule has 1 aromatic heterocycles. The molecule has 3 rings (SSSR count). The lowest BCUT2D eigenvalue weighted by molar-refractivity contribution is 1.29. The Kier molecular flexibility index (Phi) is 3.22. The number of fused-ring (bicyclic) bond motifs is 1. The van der Waals surface area contributed by atoms with Crippen LogP contribution in [-0.4, -0.2) is 4.98 Å². The van der Waals surface area contributed by atoms with Crippen molar-refractivity contribution in [3.63, 3.8) is 0 Å². The van der Waals surface area contributed by atoms with Crippen LogP contribution in [0.5, 0.6) is 0 Å². The third-order valence-electron chi connectivity index (χ3n) is 3.51. The molecule has 3 aromatic rings. The van der Waals surface area contributed by atoms with Crippen LogP contribution in [0, 0.1) is 13.8 Å². The zero-order valence-electron chi connectivity index (χ0n) is 11.3. The second kappa shape index (κ2) is 4.91. The van der Waals surface area contributed by atoms with E-state index in [-0.39, 0.29) is 5.43 Å². The summed E-state index contributed by atoms with van der Waals surface area (Å²) >= 11 is 3.54. The van der Waals surface area contributed by atoms with Gasteiger partial charge in [-0.3, -0.25) is 4.79 Å². The third-order valence-corrected chi connectivity index (χ3v) is 4.13. The van der Waals surface area contributed by atoms with Crippen LogP contribution in [0.3, 0.4) is 0 Å². The van der Waals surface area contributed by atoms with Gasteiger partial charge in [-0.2, -0.15) is 0 Å². The molecule has 0 spiro atoms. The monoisotopic (exact) mass is 327 g/mol. The summed E-state index contributed by atoms with van der Waals surface area (Å²) in [5, 5.41) is 0.731. The minimum Gasteiger partial charge on any atom is -0.353 e. The Morgan fingerprint density at radius 2 is 1.75 bits per heavy atom. The molecular weight excluding hydrogens is 314 g/mol. The summed E-state index contributed by atoms with van der Waals surface area (Å²) in [4.78, 5) is 16.0. The molecular formula is C17H14BrNO. The maximum absolute atomic E-state index is 12.6. The standard InChI is InChI=1S/C17H14BrNO/c1-10-8-13-16(14(18)9-10)19-15(11(2)17(13)20)12-6-4-3-5-7-12/h3-9H,1-2H3,(H,19,20). The van der Waals surface area contributed by atoms with Gasteiger partial charge in [-0.1, -0.05) is 30.3 Å². The number of pyridine rings is 1. The Hall–Kier alpha value is -1.87. The lowest BCUT2D eigenvalue weighted by Gasteiger charge is -2.10. The van der Waals surface area contributed by atoms with Crippen LogP contribution >= 0.6 is 15.9 Å². The van der Waals surface area contributed by atoms with Crippen molar-refractivity contribution < 1.29 is 0 Å². The van der Waals surface area contributed by atoms with Gasteiger partial charge >= 0.3 is 0 Å². The molecule has 0 fully saturated rings. The van der Waals surface area contributed by atoms with Crippen LogP contribution in [0.25, 0.3) is 22.2 Å². The van der Waals surface area contributed by atoms with Crippen molar-refractivity contribution in [1.29, 1.82) is 0 Å². The molecule has 0 saturated carbocycles. The first-order valence-corrected chi connectivity index (χ1v) is 7.25. The third kappa shape index (κ3) is 2.08. The van der Waals surface area contributed by atoms with Gasteiger partial charge in [0.25, 0.3) is 0 Å². The average molecular weight is 328 g/mol. The second-order valence-electron chi connectivity index (χ2n) is 4.99. The van der Waals surface area contributed by atoms with E-state index in [2.05, 4.69) is 20.9 Å². The van der Waals surface area contributed by atoms with E-state index in [9.17, 15) is 4.79 Å². The first kappa shape index (κ1) is 13.1. The van der Waals surface area contributed by atoms with Crippen molar-refractivity contribution in [2.45, 2.75) is 13.8 Å². The van der Waals surface area contributed by atoms with E-state index in [0.717, 1.165) is 37.8 Å². The van der Waals surface area contributed by atoms with E-state index in [1.807, 2.05) is 56.3 Å². The Labute approximate surface area is 125 Å². The molecule has 100 valence electrons. The van der Waals surface area contributed by atoms with Gasteiger partial charge in [-0.15, -0.1) is 0 Å². The number of hydrogen-bond acceptors (Lipinski definition) is 1. The molecule has 0 saturated heterocycles. The van der Waals surface area contributed by atoms with E-state index in [0.29, 0.717) is 0 Å². The normalized spacial score (nSPS) is 10.9. The molecule has 2 aromatic carbocycles. The summed E-state index contributed by atoms with van der Waals surface area (Å²) in [6.45, 7) is 3.86. The lowest BCUT2D eigenvalue weighted by atomic mass is 10.0. The van der Waals surface area contributed by atoms with E-state index >= 15 is 0 Å². The Morgan fingerprint density at radius 1 is 1.05 bits per heavy atom. The molecule has 1 N–H and O–H groups in total. The molecule has 0 radical (unpaired) electrons. The Bertz CT molecular complexity index is 850. The molecule has 1 heterocycles. The number of benzene rings is 2. The van der Waals surface area contributed by atoms with Crippen molar-refractivity contribution in [3.8, 4) is 11.3 Å². The van der Waals surface area contributed by atoms with Crippen molar-refractivity contribution >= 4 is 26.8 Å². The molecule has 2 nitrogen and oxygen atoms in total. The lowest BCUT2D eigenvalue weighted by Crippen LogP contribution is -2.10. The largest absolute Gasteiger partial charge is 0.353 e. The molecule has 3 heteroatoms. The molecule has 0 aliphatic rings. The number of aryl methyl sites for hydroxylation is 1. The van der Waals surface area contributed by atoms with Crippen LogP contribution in [-0.2, 0) is 0 Å². The molecule has 0 amide bonds. The zero-order valence-corrected chi connectivity index (χ0v) is 12.9. The van der Waals surface area contributed by atoms with E-state index in [4.69, 9.17) is 0 Å². The fourth-order valence-corrected chi connectivity index (χ4v) is 3.15. The summed E-state index contributed by atoms with van der Waals surface area (Å²) in [7, 11) is 0. The number of rotatable bonds is 1. The Morgan fingerprint density at radius 3 is 2.45 bits per heavy atom. The topological polar surface area (TPSA) is 32.9 Å². The van der Waals surface area contributed by atoms with Gasteiger partial charge in [0.1, 0.15) is 0 Å². The molecule has 0 bridgehead atoms. The highest BCUT2D eigenvalue weighted by Crippen LogP contribution is 2.27. The second-order valence-corrected chi connectivity index (χ2v) is 5.84. The molecule has 0 unspecified atom stereocenters. The van der Waals surface area contributed by atoms with Gasteiger partial charge < -0.3 is 4.98 Å². The summed E-state index contributed by atoms with van der Waals surface area (Å²) < 4.78 is 0.918. The fourth-order valence-electron chi connectivity index (χ4n) is 2.48. The van der Waals surface area contributed by atoms with Gasteiger partial charge in [-0.25, -0.2) is 0 Å². The van der Waals surface area contributed by atoms with Gasteiger partial charge in [-0.05, 0) is 53.0 Å². The molecule has 0 aliphatic carbocycles. The summed E-state index contributed by atoms with van der Waals surface area (Å²) in [6.07, 6.45) is 0. The van der Waals surface area contributed by atoms with E-state index in [1.165, 1.54) is 0 Å². The highest BCUT2D eigenvalue weighted by Gasteiger charge is 2.12. The van der Waals surface area contributed by atoms with Crippen LogP contribution in [0.1, 0.15) is 11.1 Å². The van der Waals surface area contributed by atoms with Gasteiger partial charge in [0.15, 0.2) is 5.43 Å². The van der Waals surface area contributed by atoms with Crippen LogP contribution in [0.15, 0.2) is 51.7 Å². The number of hydrogen-bond donors (Lipinski definition) is 1. The highest BCUT2D eigenvalue weighted by molar-refractivity contribution is 9.10. The highest BCUT2D eigenvalue weighted by atomic mass is 79.9. The fraction of sp³-hybridized carbons (Fsp3) is 0.118. The van der Waals surface area contributed by atoms with Crippen molar-refractivity contribution in [2.24, 2.45) is 0 Å². The van der Waals surface area contributed by atoms with Crippen molar-refractivity contribution in [2.75, 3.05) is 0 Å². The molecule has 0 atom stereocenters. The van der Waals surface area contributed by atoms with Gasteiger partial charge in [0, 0.05) is 15.4 Å². The average Bonchev–Trinajstić information content (AvgIpc) is 2.44. The smallest absolute Gasteiger partial charge is 0.192 e. The summed E-state index contributed by atoms with van der Waals surface area (Å²) in [6, 6.07) is 13.9. The minimum absolute atomic E-state index is 0.0852. The van der Waals surface area contributed by atoms with Crippen LogP contribution in [0.2, 0.25) is 0 Å². The van der Waals surface area contributed by atoms with E-state index in [1.54, 1.807) is 0 Å². The van der Waals surface area contributed by atoms with Crippen LogP contribution < -0.4 is 5.43 Å². The molecule has 0 aliphatic heterocycles. The predicted octanol–water partition coefficient (Wildman–Crippen LogP) is 4.57. The summed E-state index contributed by atoms with van der Waals surface area (Å²) in [5.41, 5.74) is 4.67. The quantitative estimate of drug-likeness (QED) is 0.697. The van der Waals surface area contributed by atoms with Gasteiger partial charge in [0.2, 0.25) is 0 Å². The first-order chi connectivity index (χ1) is 9.58. The van der Waals surface area contributed by atoms with E-state index < -0.39 is 0 Å². The van der Waals surface area contributed by atoms with Crippen LogP contribution in [0.4, 0.5) is 0 Å². The first-order valence-electron chi connectivity index (χ1n) is 6.46. The number of halogens is 1.